The average Bonchev–Trinajstić information content (AvgIpc) is 2.21. The van der Waals surface area contributed by atoms with Gasteiger partial charge in [0.1, 0.15) is 6.23 Å². The first-order valence-corrected chi connectivity index (χ1v) is 5.71. The van der Waals surface area contributed by atoms with Crippen LogP contribution >= 0.6 is 0 Å². The highest BCUT2D eigenvalue weighted by molar-refractivity contribution is 4.51. The Balaban J connectivity index is 3.15. The van der Waals surface area contributed by atoms with Gasteiger partial charge in [-0.15, -0.1) is 0 Å². The molecule has 0 saturated heterocycles. The van der Waals surface area contributed by atoms with Crippen LogP contribution in [0.4, 0.5) is 0 Å². The van der Waals surface area contributed by atoms with Gasteiger partial charge in [-0.05, 0) is 19.8 Å². The van der Waals surface area contributed by atoms with Gasteiger partial charge in [0.2, 0.25) is 0 Å². The van der Waals surface area contributed by atoms with Crippen LogP contribution in [0.25, 0.3) is 0 Å². The third-order valence-corrected chi connectivity index (χ3v) is 1.92. The van der Waals surface area contributed by atoms with Crippen molar-refractivity contribution in [2.75, 3.05) is 26.4 Å². The molecule has 3 heteroatoms. The van der Waals surface area contributed by atoms with E-state index in [9.17, 15) is 0 Å². The number of nitrogens with zero attached hydrogens (tertiary/aromatic N) is 1. The monoisotopic (exact) mass is 202 g/mol. The summed E-state index contributed by atoms with van der Waals surface area (Å²) in [6.07, 6.45) is 3.34. The molecule has 1 radical (unpaired) electrons. The zero-order valence-corrected chi connectivity index (χ0v) is 9.79. The third kappa shape index (κ3) is 8.48. The van der Waals surface area contributed by atoms with Gasteiger partial charge in [0, 0.05) is 19.8 Å². The van der Waals surface area contributed by atoms with Gasteiger partial charge in [-0.25, -0.2) is 5.32 Å². The minimum Gasteiger partial charge on any atom is -0.380 e. The van der Waals surface area contributed by atoms with E-state index in [1.54, 1.807) is 0 Å². The lowest BCUT2D eigenvalue weighted by atomic mass is 10.4. The van der Waals surface area contributed by atoms with Crippen LogP contribution in [0, 0.1) is 0 Å². The molecule has 0 aromatic heterocycles. The van der Waals surface area contributed by atoms with E-state index < -0.39 is 0 Å². The molecular formula is C11H24NO2. The Morgan fingerprint density at radius 3 is 2.50 bits per heavy atom. The zero-order chi connectivity index (χ0) is 10.6. The molecule has 0 aliphatic rings. The molecule has 0 aliphatic heterocycles. The normalized spacial score (nSPS) is 13.1. The van der Waals surface area contributed by atoms with Crippen molar-refractivity contribution in [1.82, 2.24) is 5.32 Å². The van der Waals surface area contributed by atoms with E-state index in [-0.39, 0.29) is 6.23 Å². The summed E-state index contributed by atoms with van der Waals surface area (Å²) in [7, 11) is 0. The Hall–Kier alpha value is -0.120. The van der Waals surface area contributed by atoms with E-state index >= 15 is 0 Å². The van der Waals surface area contributed by atoms with Crippen molar-refractivity contribution >= 4 is 0 Å². The summed E-state index contributed by atoms with van der Waals surface area (Å²) < 4.78 is 10.8. The van der Waals surface area contributed by atoms with E-state index in [0.717, 1.165) is 39.2 Å². The fraction of sp³-hybridized carbons (Fsp3) is 1.00. The standard InChI is InChI=1S/C11H24NO2/c1-4-7-9-13-10-8-12-11(5-2)14-6-3/h11H,4-10H2,1-3H3. The van der Waals surface area contributed by atoms with Gasteiger partial charge in [-0.1, -0.05) is 20.3 Å². The quantitative estimate of drug-likeness (QED) is 0.509. The SMILES string of the molecule is CCCCOCC[N]C(CC)OCC. The maximum atomic E-state index is 5.40. The molecule has 0 aromatic rings. The maximum absolute atomic E-state index is 5.40. The second-order valence-electron chi connectivity index (χ2n) is 3.19. The molecular weight excluding hydrogens is 178 g/mol. The van der Waals surface area contributed by atoms with Crippen LogP contribution in [0.2, 0.25) is 0 Å². The van der Waals surface area contributed by atoms with Crippen LogP contribution in [0.5, 0.6) is 0 Å². The molecule has 0 aliphatic carbocycles. The lowest BCUT2D eigenvalue weighted by molar-refractivity contribution is 0.0247. The van der Waals surface area contributed by atoms with Crippen molar-refractivity contribution in [3.8, 4) is 0 Å². The van der Waals surface area contributed by atoms with Crippen LogP contribution in [-0.4, -0.2) is 32.6 Å². The lowest BCUT2D eigenvalue weighted by Gasteiger charge is -2.14. The molecule has 1 atom stereocenters. The van der Waals surface area contributed by atoms with Gasteiger partial charge >= 0.3 is 0 Å². The Labute approximate surface area is 88.2 Å². The van der Waals surface area contributed by atoms with Crippen molar-refractivity contribution in [1.29, 1.82) is 0 Å². The van der Waals surface area contributed by atoms with Gasteiger partial charge in [0.05, 0.1) is 6.61 Å². The highest BCUT2D eigenvalue weighted by Crippen LogP contribution is 1.94. The largest absolute Gasteiger partial charge is 0.380 e. The maximum Gasteiger partial charge on any atom is 0.123 e. The second kappa shape index (κ2) is 11.0. The number of hydrogen-bond donors (Lipinski definition) is 0. The molecule has 0 bridgehead atoms. The molecule has 0 fully saturated rings. The highest BCUT2D eigenvalue weighted by atomic mass is 16.5. The van der Waals surface area contributed by atoms with E-state index in [4.69, 9.17) is 9.47 Å². The minimum absolute atomic E-state index is 0.0646. The predicted octanol–water partition coefficient (Wildman–Crippen LogP) is 2.18. The summed E-state index contributed by atoms with van der Waals surface area (Å²) in [6, 6.07) is 0. The first-order chi connectivity index (χ1) is 6.85. The summed E-state index contributed by atoms with van der Waals surface area (Å²) in [5, 5.41) is 4.38. The number of unbranched alkanes of at least 4 members (excludes halogenated alkanes) is 1. The summed E-state index contributed by atoms with van der Waals surface area (Å²) in [6.45, 7) is 9.32. The van der Waals surface area contributed by atoms with Crippen LogP contribution in [-0.2, 0) is 9.47 Å². The predicted molar refractivity (Wildman–Crippen MR) is 58.4 cm³/mol. The summed E-state index contributed by atoms with van der Waals surface area (Å²) in [5.41, 5.74) is 0. The zero-order valence-electron chi connectivity index (χ0n) is 9.79. The summed E-state index contributed by atoms with van der Waals surface area (Å²) >= 11 is 0. The number of hydrogen-bond acceptors (Lipinski definition) is 2. The van der Waals surface area contributed by atoms with E-state index in [1.165, 1.54) is 6.42 Å². The van der Waals surface area contributed by atoms with Crippen molar-refractivity contribution in [3.63, 3.8) is 0 Å². The van der Waals surface area contributed by atoms with Crippen molar-refractivity contribution < 1.29 is 9.47 Å². The Kier molecular flexibility index (Phi) is 10.9. The van der Waals surface area contributed by atoms with Crippen LogP contribution in [0.3, 0.4) is 0 Å². The molecule has 0 N–H and O–H groups in total. The Morgan fingerprint density at radius 2 is 1.93 bits per heavy atom. The summed E-state index contributed by atoms with van der Waals surface area (Å²) in [5.74, 6) is 0. The Bertz CT molecular complexity index is 109. The molecule has 0 heterocycles. The number of rotatable bonds is 10. The highest BCUT2D eigenvalue weighted by Gasteiger charge is 2.04. The fourth-order valence-electron chi connectivity index (χ4n) is 1.10. The Morgan fingerprint density at radius 1 is 1.14 bits per heavy atom. The molecule has 0 saturated carbocycles. The molecule has 0 amide bonds. The smallest absolute Gasteiger partial charge is 0.123 e. The number of ether oxygens (including phenoxy) is 2. The first-order valence-electron chi connectivity index (χ1n) is 5.71. The van der Waals surface area contributed by atoms with Gasteiger partial charge in [-0.2, -0.15) is 0 Å². The van der Waals surface area contributed by atoms with Crippen LogP contribution in [0.1, 0.15) is 40.0 Å². The third-order valence-electron chi connectivity index (χ3n) is 1.92. The fourth-order valence-corrected chi connectivity index (χ4v) is 1.10. The molecule has 85 valence electrons. The lowest BCUT2D eigenvalue weighted by Crippen LogP contribution is -2.27. The summed E-state index contributed by atoms with van der Waals surface area (Å²) in [4.78, 5) is 0. The van der Waals surface area contributed by atoms with Gasteiger partial charge in [0.25, 0.3) is 0 Å². The van der Waals surface area contributed by atoms with E-state index in [0.29, 0.717) is 0 Å². The average molecular weight is 202 g/mol. The van der Waals surface area contributed by atoms with Crippen molar-refractivity contribution in [2.45, 2.75) is 46.3 Å². The molecule has 1 unspecified atom stereocenters. The minimum atomic E-state index is 0.0646. The second-order valence-corrected chi connectivity index (χ2v) is 3.19. The molecule has 0 aromatic carbocycles. The van der Waals surface area contributed by atoms with Gasteiger partial charge < -0.3 is 9.47 Å². The molecule has 0 spiro atoms. The van der Waals surface area contributed by atoms with Crippen molar-refractivity contribution in [2.24, 2.45) is 0 Å². The topological polar surface area (TPSA) is 32.6 Å². The molecule has 0 rings (SSSR count). The van der Waals surface area contributed by atoms with Crippen LogP contribution in [0.15, 0.2) is 0 Å². The van der Waals surface area contributed by atoms with Crippen LogP contribution < -0.4 is 5.32 Å². The van der Waals surface area contributed by atoms with E-state index in [2.05, 4.69) is 19.2 Å². The first kappa shape index (κ1) is 13.9. The van der Waals surface area contributed by atoms with Gasteiger partial charge in [0.15, 0.2) is 0 Å². The van der Waals surface area contributed by atoms with E-state index in [1.807, 2.05) is 6.92 Å². The molecule has 14 heavy (non-hydrogen) atoms. The molecule has 3 nitrogen and oxygen atoms in total. The van der Waals surface area contributed by atoms with Crippen molar-refractivity contribution in [3.05, 3.63) is 0 Å². The van der Waals surface area contributed by atoms with Gasteiger partial charge in [-0.3, -0.25) is 0 Å².